The molecule has 0 saturated carbocycles. The number of aromatic nitrogens is 2. The van der Waals surface area contributed by atoms with Crippen molar-refractivity contribution in [3.05, 3.63) is 36.4 Å². The molecule has 3 aromatic rings. The average molecular weight is 274 g/mol. The monoisotopic (exact) mass is 274 g/mol. The Morgan fingerprint density at radius 1 is 0.750 bits per heavy atom. The summed E-state index contributed by atoms with van der Waals surface area (Å²) in [6.07, 6.45) is 0. The predicted molar refractivity (Wildman–Crippen MR) is 69.3 cm³/mol. The number of methoxy groups -OCH3 is 2. The number of rotatable bonds is 2. The van der Waals surface area contributed by atoms with Crippen molar-refractivity contribution in [2.75, 3.05) is 14.2 Å². The Labute approximate surface area is 114 Å². The molecule has 0 aliphatic heterocycles. The van der Waals surface area contributed by atoms with E-state index in [1.54, 1.807) is 36.4 Å². The van der Waals surface area contributed by atoms with Gasteiger partial charge in [-0.1, -0.05) is 12.1 Å². The summed E-state index contributed by atoms with van der Waals surface area (Å²) < 4.78 is 12.4. The molecule has 6 nitrogen and oxygen atoms in total. The zero-order valence-corrected chi connectivity index (χ0v) is 11.1. The molecule has 0 bridgehead atoms. The maximum atomic E-state index is 10.4. The van der Waals surface area contributed by atoms with E-state index in [1.165, 1.54) is 14.2 Å². The second-order valence-corrected chi connectivity index (χ2v) is 4.28. The molecule has 0 unspecified atom stereocenters. The van der Waals surface area contributed by atoms with Crippen LogP contribution < -0.4 is 18.9 Å². The van der Waals surface area contributed by atoms with Crippen LogP contribution in [0.2, 0.25) is 0 Å². The molecule has 0 fully saturated rings. The van der Waals surface area contributed by atoms with E-state index in [0.717, 1.165) is 9.46 Å². The highest BCUT2D eigenvalue weighted by Gasteiger charge is 2.33. The molecule has 0 aliphatic carbocycles. The number of para-hydroxylation sites is 2. The van der Waals surface area contributed by atoms with Crippen LogP contribution in [-0.4, -0.2) is 24.6 Å². The standard InChI is InChI=1S/C14H14N2O4/c1-19-11-7-3-5-9-13(11)15(17)10-6-4-8-12(20-2)14(10)16(9)18/h3-8,17-18H,1-2H3/q+2. The molecule has 2 aromatic carbocycles. The Balaban J connectivity index is 2.61. The summed E-state index contributed by atoms with van der Waals surface area (Å²) in [5.74, 6) is 0.912. The second-order valence-electron chi connectivity index (χ2n) is 4.28. The van der Waals surface area contributed by atoms with Crippen molar-refractivity contribution >= 4 is 22.1 Å². The summed E-state index contributed by atoms with van der Waals surface area (Å²) in [6, 6.07) is 10.2. The van der Waals surface area contributed by atoms with Crippen LogP contribution in [0.25, 0.3) is 22.1 Å². The highest BCUT2D eigenvalue weighted by molar-refractivity contribution is 5.82. The third-order valence-corrected chi connectivity index (χ3v) is 3.28. The number of nitrogens with zero attached hydrogens (tertiary/aromatic N) is 2. The van der Waals surface area contributed by atoms with E-state index in [0.29, 0.717) is 33.6 Å². The van der Waals surface area contributed by atoms with Gasteiger partial charge in [0.15, 0.2) is 0 Å². The smallest absolute Gasteiger partial charge is 0.375 e. The molecule has 0 spiro atoms. The van der Waals surface area contributed by atoms with Crippen molar-refractivity contribution in [1.29, 1.82) is 0 Å². The highest BCUT2D eigenvalue weighted by Crippen LogP contribution is 2.25. The van der Waals surface area contributed by atoms with E-state index in [-0.39, 0.29) is 0 Å². The summed E-state index contributed by atoms with van der Waals surface area (Å²) in [7, 11) is 3.01. The first-order chi connectivity index (χ1) is 9.69. The summed E-state index contributed by atoms with van der Waals surface area (Å²) in [5, 5.41) is 20.8. The molecule has 0 aliphatic rings. The van der Waals surface area contributed by atoms with Gasteiger partial charge >= 0.3 is 22.1 Å². The molecule has 1 aromatic heterocycles. The largest absolute Gasteiger partial charge is 0.490 e. The number of hydrogen-bond donors (Lipinski definition) is 2. The molecule has 20 heavy (non-hydrogen) atoms. The normalized spacial score (nSPS) is 10.9. The van der Waals surface area contributed by atoms with Crippen LogP contribution in [0.15, 0.2) is 36.4 Å². The van der Waals surface area contributed by atoms with Crippen molar-refractivity contribution in [2.45, 2.75) is 0 Å². The van der Waals surface area contributed by atoms with Gasteiger partial charge in [0.1, 0.15) is 0 Å². The van der Waals surface area contributed by atoms with Gasteiger partial charge in [-0.2, -0.15) is 0 Å². The molecule has 2 N–H and O–H groups in total. The molecular weight excluding hydrogens is 260 g/mol. The van der Waals surface area contributed by atoms with E-state index in [4.69, 9.17) is 9.47 Å². The van der Waals surface area contributed by atoms with Crippen molar-refractivity contribution in [3.8, 4) is 11.5 Å². The molecule has 0 radical (unpaired) electrons. The fraction of sp³-hybridized carbons (Fsp3) is 0.143. The van der Waals surface area contributed by atoms with Gasteiger partial charge < -0.3 is 9.47 Å². The van der Waals surface area contributed by atoms with E-state index in [1.807, 2.05) is 0 Å². The Morgan fingerprint density at radius 3 is 1.50 bits per heavy atom. The van der Waals surface area contributed by atoms with Crippen molar-refractivity contribution in [3.63, 3.8) is 0 Å². The third kappa shape index (κ3) is 1.51. The quantitative estimate of drug-likeness (QED) is 0.416. The molecule has 0 saturated heterocycles. The van der Waals surface area contributed by atoms with Crippen LogP contribution in [0.4, 0.5) is 0 Å². The SMILES string of the molecule is COc1cccc2c1[n+](O)c1cccc(OC)c1[n+]2O. The van der Waals surface area contributed by atoms with Gasteiger partial charge in [-0.05, 0) is 12.1 Å². The van der Waals surface area contributed by atoms with E-state index in [2.05, 4.69) is 0 Å². The minimum Gasteiger partial charge on any atom is -0.490 e. The summed E-state index contributed by atoms with van der Waals surface area (Å²) >= 11 is 0. The molecule has 3 rings (SSSR count). The average Bonchev–Trinajstić information content (AvgIpc) is 2.50. The topological polar surface area (TPSA) is 66.7 Å². The van der Waals surface area contributed by atoms with Crippen molar-refractivity contribution in [2.24, 2.45) is 0 Å². The van der Waals surface area contributed by atoms with Crippen LogP contribution in [0, 0.1) is 0 Å². The van der Waals surface area contributed by atoms with Gasteiger partial charge in [-0.15, -0.1) is 0 Å². The molecule has 1 heterocycles. The first kappa shape index (κ1) is 12.3. The Morgan fingerprint density at radius 2 is 1.15 bits per heavy atom. The number of fused-ring (bicyclic) bond motifs is 2. The Bertz CT molecular complexity index is 748. The number of ether oxygens (including phenoxy) is 2. The maximum absolute atomic E-state index is 10.4. The first-order valence-corrected chi connectivity index (χ1v) is 6.01. The lowest BCUT2D eigenvalue weighted by molar-refractivity contribution is -0.894. The Hall–Kier alpha value is -2.76. The van der Waals surface area contributed by atoms with Gasteiger partial charge in [-0.3, -0.25) is 10.4 Å². The van der Waals surface area contributed by atoms with E-state index in [9.17, 15) is 10.4 Å². The fourth-order valence-corrected chi connectivity index (χ4v) is 2.36. The lowest BCUT2D eigenvalue weighted by atomic mass is 10.2. The molecule has 0 amide bonds. The molecular formula is C14H14N2O4+2. The Kier molecular flexibility index (Phi) is 2.71. The summed E-state index contributed by atoms with van der Waals surface area (Å²) in [6.45, 7) is 0. The highest BCUT2D eigenvalue weighted by atomic mass is 16.5. The molecule has 6 heteroatoms. The van der Waals surface area contributed by atoms with Crippen LogP contribution in [0.3, 0.4) is 0 Å². The minimum atomic E-state index is 0.373. The first-order valence-electron chi connectivity index (χ1n) is 6.01. The van der Waals surface area contributed by atoms with Crippen LogP contribution in [0.5, 0.6) is 11.5 Å². The lowest BCUT2D eigenvalue weighted by Gasteiger charge is -2.03. The number of hydrogen-bond acceptors (Lipinski definition) is 4. The second kappa shape index (κ2) is 4.41. The van der Waals surface area contributed by atoms with Gasteiger partial charge in [0.05, 0.1) is 14.2 Å². The van der Waals surface area contributed by atoms with Crippen LogP contribution >= 0.6 is 0 Å². The van der Waals surface area contributed by atoms with Gasteiger partial charge in [0.25, 0.3) is 0 Å². The van der Waals surface area contributed by atoms with Crippen LogP contribution in [0.1, 0.15) is 0 Å². The fourth-order valence-electron chi connectivity index (χ4n) is 2.36. The molecule has 0 atom stereocenters. The predicted octanol–water partition coefficient (Wildman–Crippen LogP) is 1.06. The summed E-state index contributed by atoms with van der Waals surface area (Å²) in [4.78, 5) is 0. The third-order valence-electron chi connectivity index (χ3n) is 3.28. The van der Waals surface area contributed by atoms with Crippen molar-refractivity contribution in [1.82, 2.24) is 0 Å². The van der Waals surface area contributed by atoms with Crippen molar-refractivity contribution < 1.29 is 29.3 Å². The zero-order valence-electron chi connectivity index (χ0n) is 11.1. The van der Waals surface area contributed by atoms with E-state index < -0.39 is 0 Å². The zero-order chi connectivity index (χ0) is 14.3. The number of benzene rings is 2. The molecule has 102 valence electrons. The van der Waals surface area contributed by atoms with Gasteiger partial charge in [0.2, 0.25) is 11.5 Å². The van der Waals surface area contributed by atoms with E-state index >= 15 is 0 Å². The maximum Gasteiger partial charge on any atom is 0.375 e. The van der Waals surface area contributed by atoms with Gasteiger partial charge in [0, 0.05) is 21.6 Å². The lowest BCUT2D eigenvalue weighted by Crippen LogP contribution is -2.43. The minimum absolute atomic E-state index is 0.373. The van der Waals surface area contributed by atoms with Gasteiger partial charge in [-0.25, -0.2) is 0 Å². The van der Waals surface area contributed by atoms with Crippen LogP contribution in [-0.2, 0) is 0 Å². The summed E-state index contributed by atoms with van der Waals surface area (Å²) in [5.41, 5.74) is 1.56.